The van der Waals surface area contributed by atoms with Crippen molar-refractivity contribution in [3.63, 3.8) is 0 Å². The molecule has 0 saturated carbocycles. The lowest BCUT2D eigenvalue weighted by atomic mass is 10.1. The van der Waals surface area contributed by atoms with E-state index in [1.54, 1.807) is 0 Å². The molecule has 0 atom stereocenters. The fourth-order valence-corrected chi connectivity index (χ4v) is 1.47. The van der Waals surface area contributed by atoms with Gasteiger partial charge in [-0.3, -0.25) is 4.68 Å². The van der Waals surface area contributed by atoms with Crippen molar-refractivity contribution in [2.24, 2.45) is 5.92 Å². The van der Waals surface area contributed by atoms with E-state index in [2.05, 4.69) is 43.7 Å². The predicted molar refractivity (Wildman–Crippen MR) is 54.6 cm³/mol. The number of aryl methyl sites for hydroxylation is 2. The van der Waals surface area contributed by atoms with Crippen molar-refractivity contribution >= 4 is 0 Å². The summed E-state index contributed by atoms with van der Waals surface area (Å²) in [5.74, 6) is 0.745. The standard InChI is InChI=1S/C11H19N2/c1-5-11-10(4)8-12-13(11)7-6-9(2)3/h9H,5-7H2,1-4H3. The maximum Gasteiger partial charge on any atom is 0.116 e. The van der Waals surface area contributed by atoms with E-state index < -0.39 is 0 Å². The minimum absolute atomic E-state index is 0.745. The first-order valence-electron chi connectivity index (χ1n) is 5.09. The zero-order valence-electron chi connectivity index (χ0n) is 9.09. The summed E-state index contributed by atoms with van der Waals surface area (Å²) in [4.78, 5) is 0. The average Bonchev–Trinajstić information content (AvgIpc) is 2.42. The monoisotopic (exact) mass is 179 g/mol. The smallest absolute Gasteiger partial charge is 0.116 e. The predicted octanol–water partition coefficient (Wildman–Crippen LogP) is 2.60. The van der Waals surface area contributed by atoms with Crippen molar-refractivity contribution in [3.05, 3.63) is 17.5 Å². The van der Waals surface area contributed by atoms with Crippen molar-refractivity contribution in [2.45, 2.75) is 47.1 Å². The molecule has 0 saturated heterocycles. The minimum Gasteiger partial charge on any atom is -0.269 e. The molecule has 0 N–H and O–H groups in total. The second-order valence-electron chi connectivity index (χ2n) is 3.94. The fourth-order valence-electron chi connectivity index (χ4n) is 1.47. The molecule has 0 aliphatic carbocycles. The van der Waals surface area contributed by atoms with E-state index in [9.17, 15) is 0 Å². The number of aromatic nitrogens is 2. The van der Waals surface area contributed by atoms with Crippen LogP contribution >= 0.6 is 0 Å². The van der Waals surface area contributed by atoms with E-state index in [1.807, 2.05) is 0 Å². The molecular formula is C11H19N2. The molecule has 2 heteroatoms. The first-order valence-corrected chi connectivity index (χ1v) is 5.09. The summed E-state index contributed by atoms with van der Waals surface area (Å²) in [5, 5.41) is 4.25. The van der Waals surface area contributed by atoms with Crippen LogP contribution in [-0.4, -0.2) is 9.78 Å². The average molecular weight is 179 g/mol. The van der Waals surface area contributed by atoms with Crippen molar-refractivity contribution in [3.8, 4) is 0 Å². The Morgan fingerprint density at radius 2 is 2.15 bits per heavy atom. The van der Waals surface area contributed by atoms with E-state index in [4.69, 9.17) is 0 Å². The van der Waals surface area contributed by atoms with E-state index in [0.29, 0.717) is 0 Å². The maximum absolute atomic E-state index is 4.25. The Labute approximate surface area is 81.0 Å². The summed E-state index contributed by atoms with van der Waals surface area (Å²) < 4.78 is 2.09. The molecule has 0 aromatic carbocycles. The molecule has 1 aromatic heterocycles. The first-order chi connectivity index (χ1) is 6.15. The zero-order chi connectivity index (χ0) is 9.84. The third-order valence-corrected chi connectivity index (χ3v) is 2.34. The number of nitrogens with zero attached hydrogens (tertiary/aromatic N) is 2. The summed E-state index contributed by atoms with van der Waals surface area (Å²) in [6.45, 7) is 9.77. The lowest BCUT2D eigenvalue weighted by molar-refractivity contribution is 0.476. The van der Waals surface area contributed by atoms with Crippen LogP contribution in [0.3, 0.4) is 0 Å². The van der Waals surface area contributed by atoms with Gasteiger partial charge in [-0.15, -0.1) is 0 Å². The molecule has 13 heavy (non-hydrogen) atoms. The molecular weight excluding hydrogens is 160 g/mol. The maximum atomic E-state index is 4.25. The molecule has 1 aromatic rings. The summed E-state index contributed by atoms with van der Waals surface area (Å²) in [7, 11) is 0. The highest BCUT2D eigenvalue weighted by molar-refractivity contribution is 5.13. The van der Waals surface area contributed by atoms with Gasteiger partial charge in [0.25, 0.3) is 0 Å². The highest BCUT2D eigenvalue weighted by Gasteiger charge is 2.05. The molecule has 0 spiro atoms. The van der Waals surface area contributed by atoms with Crippen molar-refractivity contribution in [1.29, 1.82) is 0 Å². The molecule has 0 aliphatic rings. The van der Waals surface area contributed by atoms with Crippen LogP contribution in [0.25, 0.3) is 0 Å². The quantitative estimate of drug-likeness (QED) is 0.694. The largest absolute Gasteiger partial charge is 0.269 e. The fraction of sp³-hybridized carbons (Fsp3) is 0.727. The van der Waals surface area contributed by atoms with Gasteiger partial charge in [-0.2, -0.15) is 5.10 Å². The van der Waals surface area contributed by atoms with Gasteiger partial charge in [0.15, 0.2) is 0 Å². The Bertz CT molecular complexity index is 261. The molecule has 73 valence electrons. The Morgan fingerprint density at radius 3 is 2.69 bits per heavy atom. The summed E-state index contributed by atoms with van der Waals surface area (Å²) >= 11 is 0. The van der Waals surface area contributed by atoms with Crippen molar-refractivity contribution in [2.75, 3.05) is 0 Å². The second-order valence-corrected chi connectivity index (χ2v) is 3.94. The van der Waals surface area contributed by atoms with E-state index in [-0.39, 0.29) is 0 Å². The van der Waals surface area contributed by atoms with Gasteiger partial charge < -0.3 is 0 Å². The molecule has 0 aliphatic heterocycles. The number of hydrogen-bond acceptors (Lipinski definition) is 1. The lowest BCUT2D eigenvalue weighted by Crippen LogP contribution is -2.07. The van der Waals surface area contributed by atoms with Crippen LogP contribution in [0.1, 0.15) is 38.4 Å². The molecule has 0 unspecified atom stereocenters. The highest BCUT2D eigenvalue weighted by atomic mass is 15.3. The molecule has 0 amide bonds. The van der Waals surface area contributed by atoms with Crippen LogP contribution in [-0.2, 0) is 13.0 Å². The molecule has 1 rings (SSSR count). The van der Waals surface area contributed by atoms with Gasteiger partial charge in [0.2, 0.25) is 0 Å². The van der Waals surface area contributed by atoms with Gasteiger partial charge in [-0.1, -0.05) is 20.8 Å². The van der Waals surface area contributed by atoms with Gasteiger partial charge in [0.1, 0.15) is 6.20 Å². The number of rotatable bonds is 4. The highest BCUT2D eigenvalue weighted by Crippen LogP contribution is 2.09. The van der Waals surface area contributed by atoms with Crippen LogP contribution < -0.4 is 0 Å². The van der Waals surface area contributed by atoms with Crippen LogP contribution in [0.4, 0.5) is 0 Å². The minimum atomic E-state index is 0.745. The molecule has 1 heterocycles. The SMILES string of the molecule is CCc1c(C)[c]nn1CCC(C)C. The third kappa shape index (κ3) is 2.58. The molecule has 2 nitrogen and oxygen atoms in total. The number of hydrogen-bond donors (Lipinski definition) is 0. The summed E-state index contributed by atoms with van der Waals surface area (Å²) in [5.41, 5.74) is 2.53. The van der Waals surface area contributed by atoms with Gasteiger partial charge in [0.05, 0.1) is 0 Å². The summed E-state index contributed by atoms with van der Waals surface area (Å²) in [6.07, 6.45) is 5.28. The Kier molecular flexibility index (Phi) is 3.52. The van der Waals surface area contributed by atoms with Gasteiger partial charge in [-0.05, 0) is 31.2 Å². The molecule has 0 fully saturated rings. The molecule has 0 bridgehead atoms. The summed E-state index contributed by atoms with van der Waals surface area (Å²) in [6, 6.07) is 0. The van der Waals surface area contributed by atoms with Crippen LogP contribution in [0, 0.1) is 19.0 Å². The van der Waals surface area contributed by atoms with E-state index in [1.165, 1.54) is 17.7 Å². The Balaban J connectivity index is 2.65. The Morgan fingerprint density at radius 1 is 1.46 bits per heavy atom. The zero-order valence-corrected chi connectivity index (χ0v) is 9.09. The van der Waals surface area contributed by atoms with Gasteiger partial charge in [-0.25, -0.2) is 0 Å². The van der Waals surface area contributed by atoms with Crippen molar-refractivity contribution < 1.29 is 0 Å². The van der Waals surface area contributed by atoms with Crippen molar-refractivity contribution in [1.82, 2.24) is 9.78 Å². The van der Waals surface area contributed by atoms with Crippen LogP contribution in [0.2, 0.25) is 0 Å². The lowest BCUT2D eigenvalue weighted by Gasteiger charge is -2.08. The van der Waals surface area contributed by atoms with Gasteiger partial charge in [0, 0.05) is 12.2 Å². The topological polar surface area (TPSA) is 17.8 Å². The normalized spacial score (nSPS) is 11.2. The first kappa shape index (κ1) is 10.3. The molecule has 1 radical (unpaired) electrons. The Hall–Kier alpha value is -0.790. The van der Waals surface area contributed by atoms with E-state index in [0.717, 1.165) is 18.9 Å². The van der Waals surface area contributed by atoms with Crippen LogP contribution in [0.5, 0.6) is 0 Å². The van der Waals surface area contributed by atoms with E-state index >= 15 is 0 Å². The third-order valence-electron chi connectivity index (χ3n) is 2.34. The van der Waals surface area contributed by atoms with Gasteiger partial charge >= 0.3 is 0 Å². The van der Waals surface area contributed by atoms with Crippen LogP contribution in [0.15, 0.2) is 0 Å². The second kappa shape index (κ2) is 4.45.